The lowest BCUT2D eigenvalue weighted by molar-refractivity contribution is -0.384. The fraction of sp³-hybridized carbons (Fsp3) is 0.727. The van der Waals surface area contributed by atoms with Gasteiger partial charge in [0, 0.05) is 20.1 Å². The van der Waals surface area contributed by atoms with E-state index < -0.39 is 17.6 Å². The van der Waals surface area contributed by atoms with E-state index in [0.717, 1.165) is 0 Å². The second kappa shape index (κ2) is 5.88. The molecule has 118 valence electrons. The summed E-state index contributed by atoms with van der Waals surface area (Å²) >= 11 is 0. The number of hydrogen-bond donors (Lipinski definition) is 1. The quantitative estimate of drug-likeness (QED) is 0.661. The molecule has 0 bridgehead atoms. The van der Waals surface area contributed by atoms with Gasteiger partial charge < -0.3 is 5.32 Å². The largest absolute Gasteiger partial charge is 0.401 e. The van der Waals surface area contributed by atoms with Crippen LogP contribution in [0.4, 0.5) is 24.7 Å². The number of aryl methyl sites for hydroxylation is 1. The Morgan fingerprint density at radius 1 is 1.57 bits per heavy atom. The Labute approximate surface area is 118 Å². The van der Waals surface area contributed by atoms with Gasteiger partial charge in [-0.2, -0.15) is 13.2 Å². The zero-order valence-corrected chi connectivity index (χ0v) is 11.4. The molecule has 1 saturated heterocycles. The number of nitrogens with one attached hydrogen (secondary N) is 1. The first-order valence-corrected chi connectivity index (χ1v) is 6.45. The second-order valence-electron chi connectivity index (χ2n) is 5.18. The van der Waals surface area contributed by atoms with Crippen molar-refractivity contribution in [2.45, 2.75) is 12.6 Å². The third-order valence-corrected chi connectivity index (χ3v) is 3.34. The van der Waals surface area contributed by atoms with E-state index in [0.29, 0.717) is 26.1 Å². The first kappa shape index (κ1) is 15.5. The van der Waals surface area contributed by atoms with Crippen LogP contribution in [0.25, 0.3) is 0 Å². The number of hydrogen-bond acceptors (Lipinski definition) is 5. The van der Waals surface area contributed by atoms with Gasteiger partial charge in [0.25, 0.3) is 0 Å². The molecule has 10 heteroatoms. The molecule has 0 spiro atoms. The SMILES string of the molecule is Cn1cc([N+](=O)[O-])c(NCC2CCN(CC(F)(F)F)C2)n1. The standard InChI is InChI=1S/C11H16F3N5O2/c1-17-6-9(19(20)21)10(16-17)15-4-8-2-3-18(5-8)7-11(12,13)14/h6,8H,2-5,7H2,1H3,(H,15,16). The van der Waals surface area contributed by atoms with Crippen molar-refractivity contribution in [3.63, 3.8) is 0 Å². The van der Waals surface area contributed by atoms with Crippen LogP contribution in [0.5, 0.6) is 0 Å². The Hall–Kier alpha value is -1.84. The summed E-state index contributed by atoms with van der Waals surface area (Å²) in [5, 5.41) is 17.6. The van der Waals surface area contributed by atoms with Gasteiger partial charge in [0.2, 0.25) is 5.82 Å². The summed E-state index contributed by atoms with van der Waals surface area (Å²) in [5.74, 6) is 0.172. The average Bonchev–Trinajstić information content (AvgIpc) is 2.91. The van der Waals surface area contributed by atoms with Crippen LogP contribution >= 0.6 is 0 Å². The Bertz CT molecular complexity index is 516. The minimum atomic E-state index is -4.19. The minimum absolute atomic E-state index is 0.0222. The highest BCUT2D eigenvalue weighted by molar-refractivity contribution is 5.54. The summed E-state index contributed by atoms with van der Waals surface area (Å²) in [7, 11) is 1.57. The van der Waals surface area contributed by atoms with Crippen molar-refractivity contribution in [3.8, 4) is 0 Å². The summed E-state index contributed by atoms with van der Waals surface area (Å²) < 4.78 is 38.2. The maximum atomic E-state index is 12.3. The molecule has 0 amide bonds. The molecular formula is C11H16F3N5O2. The van der Waals surface area contributed by atoms with E-state index in [1.165, 1.54) is 15.8 Å². The normalized spacial score (nSPS) is 19.9. The van der Waals surface area contributed by atoms with E-state index in [-0.39, 0.29) is 17.4 Å². The molecule has 0 radical (unpaired) electrons. The van der Waals surface area contributed by atoms with Gasteiger partial charge in [-0.3, -0.25) is 19.7 Å². The van der Waals surface area contributed by atoms with Crippen molar-refractivity contribution in [2.24, 2.45) is 13.0 Å². The number of rotatable bonds is 5. The van der Waals surface area contributed by atoms with Gasteiger partial charge >= 0.3 is 11.9 Å². The highest BCUT2D eigenvalue weighted by Gasteiger charge is 2.34. The Morgan fingerprint density at radius 2 is 2.29 bits per heavy atom. The van der Waals surface area contributed by atoms with Crippen LogP contribution in [-0.2, 0) is 7.05 Å². The number of nitrogens with zero attached hydrogens (tertiary/aromatic N) is 4. The molecule has 1 aromatic rings. The highest BCUT2D eigenvalue weighted by Crippen LogP contribution is 2.25. The lowest BCUT2D eigenvalue weighted by atomic mass is 10.1. The molecule has 0 aliphatic carbocycles. The topological polar surface area (TPSA) is 76.2 Å². The first-order valence-electron chi connectivity index (χ1n) is 6.45. The molecule has 0 saturated carbocycles. The van der Waals surface area contributed by atoms with E-state index in [4.69, 9.17) is 0 Å². The number of aromatic nitrogens is 2. The fourth-order valence-corrected chi connectivity index (χ4v) is 2.45. The number of likely N-dealkylation sites (tertiary alicyclic amines) is 1. The fourth-order valence-electron chi connectivity index (χ4n) is 2.45. The molecule has 0 aromatic carbocycles. The molecule has 1 aromatic heterocycles. The Kier molecular flexibility index (Phi) is 4.35. The third kappa shape index (κ3) is 4.31. The van der Waals surface area contributed by atoms with Gasteiger partial charge in [-0.1, -0.05) is 0 Å². The van der Waals surface area contributed by atoms with Crippen LogP contribution in [-0.4, -0.2) is 52.0 Å². The van der Waals surface area contributed by atoms with Crippen LogP contribution in [0.2, 0.25) is 0 Å². The zero-order chi connectivity index (χ0) is 15.6. The Morgan fingerprint density at radius 3 is 2.90 bits per heavy atom. The molecule has 2 rings (SSSR count). The Balaban J connectivity index is 1.86. The summed E-state index contributed by atoms with van der Waals surface area (Å²) in [6.45, 7) is 0.169. The number of anilines is 1. The maximum Gasteiger partial charge on any atom is 0.401 e. The van der Waals surface area contributed by atoms with Crippen LogP contribution < -0.4 is 5.32 Å². The highest BCUT2D eigenvalue weighted by atomic mass is 19.4. The zero-order valence-electron chi connectivity index (χ0n) is 11.4. The van der Waals surface area contributed by atoms with Crippen LogP contribution in [0.15, 0.2) is 6.20 Å². The number of alkyl halides is 3. The van der Waals surface area contributed by atoms with E-state index in [9.17, 15) is 23.3 Å². The van der Waals surface area contributed by atoms with Crippen LogP contribution in [0.3, 0.4) is 0 Å². The minimum Gasteiger partial charge on any atom is -0.363 e. The van der Waals surface area contributed by atoms with Gasteiger partial charge in [0.1, 0.15) is 6.20 Å². The third-order valence-electron chi connectivity index (χ3n) is 3.34. The van der Waals surface area contributed by atoms with Gasteiger partial charge in [-0.15, -0.1) is 5.10 Å². The van der Waals surface area contributed by atoms with Crippen LogP contribution in [0, 0.1) is 16.0 Å². The molecule has 1 atom stereocenters. The van der Waals surface area contributed by atoms with Gasteiger partial charge in [-0.05, 0) is 18.9 Å². The van der Waals surface area contributed by atoms with Gasteiger partial charge in [-0.25, -0.2) is 0 Å². The second-order valence-corrected chi connectivity index (χ2v) is 5.18. The van der Waals surface area contributed by atoms with Crippen molar-refractivity contribution in [1.82, 2.24) is 14.7 Å². The lowest BCUT2D eigenvalue weighted by Crippen LogP contribution is -2.33. The van der Waals surface area contributed by atoms with E-state index >= 15 is 0 Å². The predicted octanol–water partition coefficient (Wildman–Crippen LogP) is 1.62. The summed E-state index contributed by atoms with van der Waals surface area (Å²) in [4.78, 5) is 11.6. The summed E-state index contributed by atoms with van der Waals surface area (Å²) in [6, 6.07) is 0. The van der Waals surface area contributed by atoms with E-state index in [1.54, 1.807) is 7.05 Å². The van der Waals surface area contributed by atoms with Crippen molar-refractivity contribution >= 4 is 11.5 Å². The first-order chi connectivity index (χ1) is 9.74. The maximum absolute atomic E-state index is 12.3. The number of nitro groups is 1. The van der Waals surface area contributed by atoms with Crippen molar-refractivity contribution in [2.75, 3.05) is 31.5 Å². The molecule has 1 fully saturated rings. The van der Waals surface area contributed by atoms with Crippen molar-refractivity contribution in [1.29, 1.82) is 0 Å². The average molecular weight is 307 g/mol. The van der Waals surface area contributed by atoms with Gasteiger partial charge in [0.15, 0.2) is 0 Å². The molecule has 2 heterocycles. The predicted molar refractivity (Wildman–Crippen MR) is 69.0 cm³/mol. The summed E-state index contributed by atoms with van der Waals surface area (Å²) in [5.41, 5.74) is -0.136. The van der Waals surface area contributed by atoms with E-state index in [1.807, 2.05) is 0 Å². The van der Waals surface area contributed by atoms with E-state index in [2.05, 4.69) is 10.4 Å². The van der Waals surface area contributed by atoms with Crippen molar-refractivity contribution < 1.29 is 18.1 Å². The monoisotopic (exact) mass is 307 g/mol. The smallest absolute Gasteiger partial charge is 0.363 e. The molecular weight excluding hydrogens is 291 g/mol. The lowest BCUT2D eigenvalue weighted by Gasteiger charge is -2.17. The number of halogens is 3. The van der Waals surface area contributed by atoms with Gasteiger partial charge in [0.05, 0.1) is 11.5 Å². The molecule has 1 aliphatic heterocycles. The molecule has 7 nitrogen and oxygen atoms in total. The van der Waals surface area contributed by atoms with Crippen LogP contribution in [0.1, 0.15) is 6.42 Å². The molecule has 1 N–H and O–H groups in total. The summed E-state index contributed by atoms with van der Waals surface area (Å²) in [6.07, 6.45) is -2.28. The molecule has 1 aliphatic rings. The molecule has 21 heavy (non-hydrogen) atoms. The molecule has 1 unspecified atom stereocenters. The van der Waals surface area contributed by atoms with Crippen molar-refractivity contribution in [3.05, 3.63) is 16.3 Å².